The zero-order chi connectivity index (χ0) is 11.8. The summed E-state index contributed by atoms with van der Waals surface area (Å²) < 4.78 is 5.84. The monoisotopic (exact) mass is 234 g/mol. The third-order valence-corrected chi connectivity index (χ3v) is 3.43. The summed E-state index contributed by atoms with van der Waals surface area (Å²) in [6.07, 6.45) is 3.15. The summed E-state index contributed by atoms with van der Waals surface area (Å²) in [7, 11) is 1.85. The summed E-state index contributed by atoms with van der Waals surface area (Å²) in [5, 5.41) is 3.01. The van der Waals surface area contributed by atoms with Crippen molar-refractivity contribution in [1.82, 2.24) is 9.97 Å². The summed E-state index contributed by atoms with van der Waals surface area (Å²) in [5.74, 6) is 1.71. The molecular weight excluding hydrogens is 216 g/mol. The van der Waals surface area contributed by atoms with Crippen LogP contribution in [0.1, 0.15) is 18.5 Å². The largest absolute Gasteiger partial charge is 0.371 e. The first-order chi connectivity index (χ1) is 8.24. The molecule has 0 amide bonds. The smallest absolute Gasteiger partial charge is 0.224 e. The third-order valence-electron chi connectivity index (χ3n) is 3.43. The average molecular weight is 234 g/mol. The minimum absolute atomic E-state index is 0.391. The number of morpholine rings is 1. The quantitative estimate of drug-likeness (QED) is 0.833. The van der Waals surface area contributed by atoms with Crippen LogP contribution in [0.25, 0.3) is 0 Å². The number of fused-ring (bicyclic) bond motifs is 2. The van der Waals surface area contributed by atoms with Crippen molar-refractivity contribution in [3.63, 3.8) is 0 Å². The molecular formula is C12H18N4O. The van der Waals surface area contributed by atoms with E-state index in [1.54, 1.807) is 0 Å². The van der Waals surface area contributed by atoms with Crippen LogP contribution in [0.4, 0.5) is 11.8 Å². The maximum absolute atomic E-state index is 5.84. The normalized spacial score (nSPS) is 27.3. The van der Waals surface area contributed by atoms with E-state index in [0.29, 0.717) is 18.2 Å². The fourth-order valence-corrected chi connectivity index (χ4v) is 2.63. The van der Waals surface area contributed by atoms with Gasteiger partial charge in [0.25, 0.3) is 0 Å². The molecule has 2 saturated heterocycles. The predicted octanol–water partition coefficient (Wildman–Crippen LogP) is 1.19. The maximum atomic E-state index is 5.84. The van der Waals surface area contributed by atoms with Crippen LogP contribution >= 0.6 is 0 Å². The fourth-order valence-electron chi connectivity index (χ4n) is 2.63. The minimum atomic E-state index is 0.391. The van der Waals surface area contributed by atoms with E-state index in [9.17, 15) is 0 Å². The molecule has 17 heavy (non-hydrogen) atoms. The highest BCUT2D eigenvalue weighted by molar-refractivity contribution is 5.45. The molecule has 0 spiro atoms. The van der Waals surface area contributed by atoms with Gasteiger partial charge in [-0.1, -0.05) is 0 Å². The van der Waals surface area contributed by atoms with Gasteiger partial charge in [0.1, 0.15) is 5.82 Å². The van der Waals surface area contributed by atoms with E-state index in [1.807, 2.05) is 20.0 Å². The number of hydrogen-bond donors (Lipinski definition) is 1. The van der Waals surface area contributed by atoms with E-state index in [-0.39, 0.29) is 0 Å². The topological polar surface area (TPSA) is 50.3 Å². The van der Waals surface area contributed by atoms with Crippen molar-refractivity contribution in [1.29, 1.82) is 0 Å². The number of nitrogens with zero attached hydrogens (tertiary/aromatic N) is 3. The van der Waals surface area contributed by atoms with Gasteiger partial charge in [0.2, 0.25) is 5.95 Å². The molecule has 1 aromatic heterocycles. The molecule has 0 aromatic carbocycles. The van der Waals surface area contributed by atoms with E-state index < -0.39 is 0 Å². The summed E-state index contributed by atoms with van der Waals surface area (Å²) in [4.78, 5) is 11.2. The molecule has 3 heterocycles. The van der Waals surface area contributed by atoms with Gasteiger partial charge in [-0.3, -0.25) is 0 Å². The van der Waals surface area contributed by atoms with Crippen molar-refractivity contribution >= 4 is 11.8 Å². The number of hydrogen-bond acceptors (Lipinski definition) is 5. The van der Waals surface area contributed by atoms with E-state index in [2.05, 4.69) is 20.2 Å². The zero-order valence-corrected chi connectivity index (χ0v) is 10.3. The molecule has 3 rings (SSSR count). The first-order valence-corrected chi connectivity index (χ1v) is 6.18. The molecule has 0 aliphatic carbocycles. The molecule has 2 unspecified atom stereocenters. The average Bonchev–Trinajstić information content (AvgIpc) is 2.67. The Morgan fingerprint density at radius 1 is 1.29 bits per heavy atom. The summed E-state index contributed by atoms with van der Waals surface area (Å²) in [5.41, 5.74) is 0.998. The molecule has 0 radical (unpaired) electrons. The van der Waals surface area contributed by atoms with Crippen LogP contribution < -0.4 is 10.2 Å². The molecule has 2 atom stereocenters. The van der Waals surface area contributed by atoms with Crippen molar-refractivity contribution in [2.45, 2.75) is 32.0 Å². The Morgan fingerprint density at radius 3 is 2.65 bits per heavy atom. The van der Waals surface area contributed by atoms with E-state index in [0.717, 1.165) is 24.6 Å². The highest BCUT2D eigenvalue weighted by Crippen LogP contribution is 2.29. The number of ether oxygens (including phenoxy) is 1. The lowest BCUT2D eigenvalue weighted by Crippen LogP contribution is -2.43. The van der Waals surface area contributed by atoms with Gasteiger partial charge in [0, 0.05) is 31.9 Å². The van der Waals surface area contributed by atoms with E-state index in [4.69, 9.17) is 4.74 Å². The van der Waals surface area contributed by atoms with Crippen LogP contribution in [0.5, 0.6) is 0 Å². The van der Waals surface area contributed by atoms with Gasteiger partial charge in [-0.25, -0.2) is 4.98 Å². The molecule has 5 nitrogen and oxygen atoms in total. The lowest BCUT2D eigenvalue weighted by atomic mass is 10.2. The van der Waals surface area contributed by atoms with Gasteiger partial charge >= 0.3 is 0 Å². The Bertz CT molecular complexity index is 411. The van der Waals surface area contributed by atoms with Gasteiger partial charge in [-0.15, -0.1) is 0 Å². The van der Waals surface area contributed by atoms with Crippen LogP contribution in [0.2, 0.25) is 0 Å². The Labute approximate surface area is 101 Å². The lowest BCUT2D eigenvalue weighted by molar-refractivity contribution is 0.0302. The van der Waals surface area contributed by atoms with Crippen molar-refractivity contribution in [2.24, 2.45) is 0 Å². The van der Waals surface area contributed by atoms with Crippen molar-refractivity contribution < 1.29 is 4.74 Å². The van der Waals surface area contributed by atoms with Gasteiger partial charge in [-0.05, 0) is 19.8 Å². The molecule has 5 heteroatoms. The standard InChI is InChI=1S/C12H18N4O/c1-8-5-11(15-12(13-2)14-8)16-6-9-3-4-10(7-16)17-9/h5,9-10H,3-4,6-7H2,1-2H3,(H,13,14,15). The molecule has 2 bridgehead atoms. The van der Waals surface area contributed by atoms with Crippen LogP contribution in [0.15, 0.2) is 6.07 Å². The van der Waals surface area contributed by atoms with Gasteiger partial charge in [0.05, 0.1) is 12.2 Å². The molecule has 92 valence electrons. The highest BCUT2D eigenvalue weighted by Gasteiger charge is 2.34. The molecule has 0 saturated carbocycles. The maximum Gasteiger partial charge on any atom is 0.224 e. The number of aryl methyl sites for hydroxylation is 1. The third kappa shape index (κ3) is 2.07. The van der Waals surface area contributed by atoms with Crippen molar-refractivity contribution in [3.8, 4) is 0 Å². The predicted molar refractivity (Wildman–Crippen MR) is 66.4 cm³/mol. The SMILES string of the molecule is CNc1nc(C)cc(N2CC3CCC(C2)O3)n1. The summed E-state index contributed by atoms with van der Waals surface area (Å²) in [6.45, 7) is 3.91. The Morgan fingerprint density at radius 2 is 2.00 bits per heavy atom. The number of rotatable bonds is 2. The second kappa shape index (κ2) is 4.14. The molecule has 1 aromatic rings. The first-order valence-electron chi connectivity index (χ1n) is 6.18. The van der Waals surface area contributed by atoms with E-state index >= 15 is 0 Å². The summed E-state index contributed by atoms with van der Waals surface area (Å²) >= 11 is 0. The van der Waals surface area contributed by atoms with Crippen LogP contribution in [-0.4, -0.2) is 42.3 Å². The molecule has 2 aliphatic rings. The fraction of sp³-hybridized carbons (Fsp3) is 0.667. The van der Waals surface area contributed by atoms with Gasteiger partial charge in [-0.2, -0.15) is 4.98 Å². The summed E-state index contributed by atoms with van der Waals surface area (Å²) in [6, 6.07) is 2.05. The van der Waals surface area contributed by atoms with Crippen LogP contribution in [0.3, 0.4) is 0 Å². The molecule has 2 aliphatic heterocycles. The minimum Gasteiger partial charge on any atom is -0.371 e. The Hall–Kier alpha value is -1.36. The Balaban J connectivity index is 1.86. The second-order valence-corrected chi connectivity index (χ2v) is 4.80. The molecule has 2 fully saturated rings. The van der Waals surface area contributed by atoms with Gasteiger partial charge < -0.3 is 15.0 Å². The van der Waals surface area contributed by atoms with E-state index in [1.165, 1.54) is 12.8 Å². The number of anilines is 2. The highest BCUT2D eigenvalue weighted by atomic mass is 16.5. The van der Waals surface area contributed by atoms with Crippen molar-refractivity contribution in [2.75, 3.05) is 30.4 Å². The number of nitrogens with one attached hydrogen (secondary N) is 1. The lowest BCUT2D eigenvalue weighted by Gasteiger charge is -2.33. The zero-order valence-electron chi connectivity index (χ0n) is 10.3. The van der Waals surface area contributed by atoms with Crippen LogP contribution in [0, 0.1) is 6.92 Å². The Kier molecular flexibility index (Phi) is 2.63. The first kappa shape index (κ1) is 10.8. The number of aromatic nitrogens is 2. The van der Waals surface area contributed by atoms with Crippen molar-refractivity contribution in [3.05, 3.63) is 11.8 Å². The van der Waals surface area contributed by atoms with Crippen LogP contribution in [-0.2, 0) is 4.74 Å². The second-order valence-electron chi connectivity index (χ2n) is 4.80. The molecule has 1 N–H and O–H groups in total. The van der Waals surface area contributed by atoms with Gasteiger partial charge in [0.15, 0.2) is 0 Å².